The third kappa shape index (κ3) is 4.20. The van der Waals surface area contributed by atoms with Crippen LogP contribution in [0.25, 0.3) is 0 Å². The molecule has 0 aliphatic carbocycles. The van der Waals surface area contributed by atoms with E-state index in [2.05, 4.69) is 15.6 Å². The molecule has 0 saturated carbocycles. The number of carbonyl (C=O) groups excluding carboxylic acids is 1. The van der Waals surface area contributed by atoms with Gasteiger partial charge in [0.15, 0.2) is 0 Å². The van der Waals surface area contributed by atoms with Crippen molar-refractivity contribution < 1.29 is 14.7 Å². The Morgan fingerprint density at radius 3 is 2.58 bits per heavy atom. The van der Waals surface area contributed by atoms with Crippen molar-refractivity contribution in [1.29, 1.82) is 0 Å². The van der Waals surface area contributed by atoms with E-state index in [9.17, 15) is 14.7 Å². The van der Waals surface area contributed by atoms with Gasteiger partial charge in [-0.2, -0.15) is 0 Å². The highest BCUT2D eigenvalue weighted by Gasteiger charge is 2.36. The van der Waals surface area contributed by atoms with Crippen molar-refractivity contribution in [3.63, 3.8) is 0 Å². The maximum atomic E-state index is 11.7. The predicted molar refractivity (Wildman–Crippen MR) is 73.3 cm³/mol. The molecule has 106 valence electrons. The Bertz CT molecular complexity index is 416. The lowest BCUT2D eigenvalue weighted by Crippen LogP contribution is -2.56. The second-order valence-corrected chi connectivity index (χ2v) is 4.92. The lowest BCUT2D eigenvalue weighted by atomic mass is 9.93. The van der Waals surface area contributed by atoms with Crippen LogP contribution in [-0.4, -0.2) is 34.2 Å². The van der Waals surface area contributed by atoms with E-state index in [1.165, 1.54) is 11.3 Å². The molecule has 0 unspecified atom stereocenters. The van der Waals surface area contributed by atoms with E-state index in [4.69, 9.17) is 0 Å². The second-order valence-electron chi connectivity index (χ2n) is 4.21. The van der Waals surface area contributed by atoms with E-state index in [0.29, 0.717) is 25.8 Å². The van der Waals surface area contributed by atoms with E-state index in [0.717, 1.165) is 5.69 Å². The van der Waals surface area contributed by atoms with Crippen LogP contribution in [0.4, 0.5) is 4.79 Å². The molecule has 3 N–H and O–H groups in total. The Labute approximate surface area is 116 Å². The number of urea groups is 1. The van der Waals surface area contributed by atoms with Gasteiger partial charge in [-0.3, -0.25) is 0 Å². The number of thiazole rings is 1. The molecule has 7 heteroatoms. The van der Waals surface area contributed by atoms with Gasteiger partial charge in [0.05, 0.1) is 11.2 Å². The van der Waals surface area contributed by atoms with Gasteiger partial charge in [-0.15, -0.1) is 11.3 Å². The van der Waals surface area contributed by atoms with Gasteiger partial charge in [-0.25, -0.2) is 14.6 Å². The van der Waals surface area contributed by atoms with E-state index in [1.54, 1.807) is 19.4 Å². The first-order valence-electron chi connectivity index (χ1n) is 6.20. The summed E-state index contributed by atoms with van der Waals surface area (Å²) in [7, 11) is 0. The van der Waals surface area contributed by atoms with Crippen molar-refractivity contribution in [3.05, 3.63) is 16.6 Å². The number of nitrogens with zero attached hydrogens (tertiary/aromatic N) is 1. The van der Waals surface area contributed by atoms with Crippen LogP contribution in [0.5, 0.6) is 0 Å². The van der Waals surface area contributed by atoms with Crippen molar-refractivity contribution >= 4 is 23.3 Å². The standard InChI is InChI=1S/C12H19N3O3S/c1-3-12(4-2,10(16)17)15-11(18)13-6-5-9-7-19-8-14-9/h7-8H,3-6H2,1-2H3,(H,16,17)(H2,13,15,18). The highest BCUT2D eigenvalue weighted by molar-refractivity contribution is 7.07. The SMILES string of the molecule is CCC(CC)(NC(=O)NCCc1cscn1)C(=O)O. The molecular weight excluding hydrogens is 266 g/mol. The first kappa shape index (κ1) is 15.4. The Hall–Kier alpha value is -1.63. The Kier molecular flexibility index (Phi) is 5.75. The van der Waals surface area contributed by atoms with Gasteiger partial charge in [0.1, 0.15) is 5.54 Å². The molecule has 6 nitrogen and oxygen atoms in total. The second kappa shape index (κ2) is 7.08. The van der Waals surface area contributed by atoms with Crippen LogP contribution in [0.15, 0.2) is 10.9 Å². The van der Waals surface area contributed by atoms with Crippen LogP contribution in [0.1, 0.15) is 32.4 Å². The number of hydrogen-bond acceptors (Lipinski definition) is 4. The van der Waals surface area contributed by atoms with Gasteiger partial charge in [0.2, 0.25) is 0 Å². The van der Waals surface area contributed by atoms with Crippen molar-refractivity contribution in [2.75, 3.05) is 6.54 Å². The molecule has 0 atom stereocenters. The number of hydrogen-bond donors (Lipinski definition) is 3. The molecule has 0 saturated heterocycles. The molecule has 0 aliphatic heterocycles. The highest BCUT2D eigenvalue weighted by atomic mass is 32.1. The van der Waals surface area contributed by atoms with Crippen LogP contribution in [0.2, 0.25) is 0 Å². The lowest BCUT2D eigenvalue weighted by Gasteiger charge is -2.28. The Morgan fingerprint density at radius 1 is 1.42 bits per heavy atom. The smallest absolute Gasteiger partial charge is 0.329 e. The maximum absolute atomic E-state index is 11.7. The summed E-state index contributed by atoms with van der Waals surface area (Å²) in [6.07, 6.45) is 1.33. The Morgan fingerprint density at radius 2 is 2.11 bits per heavy atom. The fraction of sp³-hybridized carbons (Fsp3) is 0.583. The first-order valence-corrected chi connectivity index (χ1v) is 7.14. The van der Waals surface area contributed by atoms with Crippen molar-refractivity contribution in [3.8, 4) is 0 Å². The molecular formula is C12H19N3O3S. The monoisotopic (exact) mass is 285 g/mol. The molecule has 0 spiro atoms. The minimum atomic E-state index is -1.19. The van der Waals surface area contributed by atoms with E-state index < -0.39 is 17.5 Å². The molecule has 0 radical (unpaired) electrons. The number of aliphatic carboxylic acids is 1. The molecule has 0 aromatic carbocycles. The van der Waals surface area contributed by atoms with Gasteiger partial charge in [-0.1, -0.05) is 13.8 Å². The van der Waals surface area contributed by atoms with Crippen molar-refractivity contribution in [2.24, 2.45) is 0 Å². The summed E-state index contributed by atoms with van der Waals surface area (Å²) in [5.74, 6) is -1.01. The van der Waals surface area contributed by atoms with Gasteiger partial charge < -0.3 is 15.7 Å². The fourth-order valence-corrected chi connectivity index (χ4v) is 2.30. The van der Waals surface area contributed by atoms with Gasteiger partial charge in [0.25, 0.3) is 0 Å². The highest BCUT2D eigenvalue weighted by Crippen LogP contribution is 2.15. The lowest BCUT2D eigenvalue weighted by molar-refractivity contribution is -0.144. The molecule has 19 heavy (non-hydrogen) atoms. The summed E-state index contributed by atoms with van der Waals surface area (Å²) in [6, 6.07) is -0.457. The van der Waals surface area contributed by atoms with E-state index in [-0.39, 0.29) is 0 Å². The molecule has 0 fully saturated rings. The normalized spacial score (nSPS) is 11.1. The first-order chi connectivity index (χ1) is 9.04. The van der Waals surface area contributed by atoms with Crippen LogP contribution in [0, 0.1) is 0 Å². The van der Waals surface area contributed by atoms with Crippen LogP contribution in [0.3, 0.4) is 0 Å². The number of amides is 2. The zero-order valence-electron chi connectivity index (χ0n) is 11.1. The molecule has 1 heterocycles. The molecule has 1 aromatic rings. The van der Waals surface area contributed by atoms with Crippen molar-refractivity contribution in [2.45, 2.75) is 38.6 Å². The summed E-state index contributed by atoms with van der Waals surface area (Å²) < 4.78 is 0. The summed E-state index contributed by atoms with van der Waals surface area (Å²) in [4.78, 5) is 27.0. The fourth-order valence-electron chi connectivity index (χ4n) is 1.71. The topological polar surface area (TPSA) is 91.3 Å². The number of carbonyl (C=O) groups is 2. The average Bonchev–Trinajstić information content (AvgIpc) is 2.89. The number of carboxylic acids is 1. The Balaban J connectivity index is 2.43. The molecule has 1 aromatic heterocycles. The maximum Gasteiger partial charge on any atom is 0.329 e. The average molecular weight is 285 g/mol. The molecule has 0 bridgehead atoms. The number of rotatable bonds is 7. The van der Waals surface area contributed by atoms with E-state index in [1.807, 2.05) is 5.38 Å². The van der Waals surface area contributed by atoms with Crippen LogP contribution < -0.4 is 10.6 Å². The summed E-state index contributed by atoms with van der Waals surface area (Å²) in [5, 5.41) is 16.3. The summed E-state index contributed by atoms with van der Waals surface area (Å²) in [5.41, 5.74) is 1.46. The molecule has 2 amide bonds. The summed E-state index contributed by atoms with van der Waals surface area (Å²) in [6.45, 7) is 3.92. The minimum Gasteiger partial charge on any atom is -0.480 e. The van der Waals surface area contributed by atoms with Gasteiger partial charge in [-0.05, 0) is 12.8 Å². The largest absolute Gasteiger partial charge is 0.480 e. The van der Waals surface area contributed by atoms with E-state index >= 15 is 0 Å². The number of aromatic nitrogens is 1. The zero-order chi connectivity index (χ0) is 14.3. The third-order valence-corrected chi connectivity index (χ3v) is 3.75. The van der Waals surface area contributed by atoms with Gasteiger partial charge in [0, 0.05) is 18.3 Å². The number of carboxylic acid groups (broad SMARTS) is 1. The van der Waals surface area contributed by atoms with Crippen molar-refractivity contribution in [1.82, 2.24) is 15.6 Å². The quantitative estimate of drug-likeness (QED) is 0.710. The van der Waals surface area contributed by atoms with Gasteiger partial charge >= 0.3 is 12.0 Å². The minimum absolute atomic E-state index is 0.346. The summed E-state index contributed by atoms with van der Waals surface area (Å²) >= 11 is 1.50. The molecule has 1 rings (SSSR count). The third-order valence-electron chi connectivity index (χ3n) is 3.12. The van der Waals surface area contributed by atoms with Crippen LogP contribution in [-0.2, 0) is 11.2 Å². The number of nitrogens with one attached hydrogen (secondary N) is 2. The molecule has 0 aliphatic rings. The predicted octanol–water partition coefficient (Wildman–Crippen LogP) is 1.63. The van der Waals surface area contributed by atoms with Crippen LogP contribution >= 0.6 is 11.3 Å². The zero-order valence-corrected chi connectivity index (χ0v) is 11.9.